The van der Waals surface area contributed by atoms with Crippen molar-refractivity contribution in [2.75, 3.05) is 26.7 Å². The Morgan fingerprint density at radius 3 is 2.71 bits per heavy atom. The van der Waals surface area contributed by atoms with Crippen LogP contribution >= 0.6 is 0 Å². The van der Waals surface area contributed by atoms with Crippen LogP contribution in [0.3, 0.4) is 0 Å². The van der Waals surface area contributed by atoms with Crippen molar-refractivity contribution in [3.63, 3.8) is 0 Å². The minimum absolute atomic E-state index is 0.161. The topological polar surface area (TPSA) is 83.1 Å². The Labute approximate surface area is 166 Å². The van der Waals surface area contributed by atoms with Gasteiger partial charge >= 0.3 is 0 Å². The molecule has 3 N–H and O–H groups in total. The lowest BCUT2D eigenvalue weighted by atomic mass is 9.96. The number of carbonyl (C=O) groups excluding carboxylic acids is 2. The van der Waals surface area contributed by atoms with Crippen LogP contribution in [0, 0.1) is 5.92 Å². The molecule has 1 atom stereocenters. The van der Waals surface area contributed by atoms with Crippen molar-refractivity contribution in [2.45, 2.75) is 25.7 Å². The molecule has 0 saturated carbocycles. The molecule has 2 amide bonds. The molecule has 1 saturated heterocycles. The quantitative estimate of drug-likeness (QED) is 0.687. The van der Waals surface area contributed by atoms with Gasteiger partial charge in [0.05, 0.1) is 0 Å². The molecule has 1 aliphatic heterocycles. The summed E-state index contributed by atoms with van der Waals surface area (Å²) in [5, 5.41) is 8.98. The molecule has 148 valence electrons. The summed E-state index contributed by atoms with van der Waals surface area (Å²) in [6.07, 6.45) is 3.93. The summed E-state index contributed by atoms with van der Waals surface area (Å²) in [5.74, 6) is 0.157. The first kappa shape index (κ1) is 20.0. The second kappa shape index (κ2) is 9.99. The minimum atomic E-state index is -0.294. The summed E-state index contributed by atoms with van der Waals surface area (Å²) in [6, 6.07) is 13.2. The number of benzene rings is 1. The number of piperidine rings is 1. The number of carbonyl (C=O) groups is 2. The van der Waals surface area contributed by atoms with Gasteiger partial charge in [-0.15, -0.1) is 0 Å². The molecule has 1 unspecified atom stereocenters. The molecule has 28 heavy (non-hydrogen) atoms. The van der Waals surface area contributed by atoms with Crippen LogP contribution in [0.25, 0.3) is 0 Å². The van der Waals surface area contributed by atoms with Gasteiger partial charge in [-0.3, -0.25) is 9.59 Å². The summed E-state index contributed by atoms with van der Waals surface area (Å²) >= 11 is 0. The Balaban J connectivity index is 1.69. The van der Waals surface area contributed by atoms with Crippen molar-refractivity contribution in [1.29, 1.82) is 0 Å². The number of aromatic nitrogens is 1. The van der Waals surface area contributed by atoms with Gasteiger partial charge in [-0.25, -0.2) is 4.98 Å². The molecule has 0 spiro atoms. The van der Waals surface area contributed by atoms with Crippen molar-refractivity contribution >= 4 is 11.8 Å². The third-order valence-corrected chi connectivity index (χ3v) is 5.07. The molecular weight excluding hydrogens is 352 g/mol. The van der Waals surface area contributed by atoms with Crippen LogP contribution in [0.4, 0.5) is 0 Å². The molecule has 1 aromatic carbocycles. The predicted molar refractivity (Wildman–Crippen MR) is 109 cm³/mol. The number of pyridine rings is 1. The summed E-state index contributed by atoms with van der Waals surface area (Å²) in [5.41, 5.74) is 2.52. The Kier molecular flexibility index (Phi) is 7.14. The van der Waals surface area contributed by atoms with Crippen LogP contribution in [-0.4, -0.2) is 43.5 Å². The summed E-state index contributed by atoms with van der Waals surface area (Å²) in [6.45, 7) is 2.75. The molecule has 3 rings (SSSR count). The lowest BCUT2D eigenvalue weighted by Gasteiger charge is -2.22. The normalized spacial score (nSPS) is 16.4. The number of nitrogens with one attached hydrogen (secondary N) is 3. The van der Waals surface area contributed by atoms with Crippen molar-refractivity contribution in [3.8, 4) is 0 Å². The molecule has 6 nitrogen and oxygen atoms in total. The minimum Gasteiger partial charge on any atom is -0.354 e. The van der Waals surface area contributed by atoms with Gasteiger partial charge in [0.1, 0.15) is 5.69 Å². The average molecular weight is 380 g/mol. The number of rotatable bonds is 7. The molecule has 1 aliphatic rings. The second-order valence-corrected chi connectivity index (χ2v) is 7.23. The van der Waals surface area contributed by atoms with Gasteiger partial charge in [0.25, 0.3) is 11.8 Å². The van der Waals surface area contributed by atoms with Crippen LogP contribution in [-0.2, 0) is 6.42 Å². The lowest BCUT2D eigenvalue weighted by molar-refractivity contribution is 0.0950. The molecule has 0 aliphatic carbocycles. The van der Waals surface area contributed by atoms with E-state index in [0.717, 1.165) is 25.1 Å². The van der Waals surface area contributed by atoms with Gasteiger partial charge in [0.2, 0.25) is 0 Å². The zero-order chi connectivity index (χ0) is 19.8. The first-order valence-electron chi connectivity index (χ1n) is 9.91. The highest BCUT2D eigenvalue weighted by Gasteiger charge is 2.16. The van der Waals surface area contributed by atoms with Gasteiger partial charge < -0.3 is 16.0 Å². The Morgan fingerprint density at radius 2 is 2.00 bits per heavy atom. The SMILES string of the molecule is CNC(=O)c1cc(C(=O)NCCC2CCCNC2)cc(Cc2ccccc2)n1. The maximum absolute atomic E-state index is 12.7. The molecule has 2 aromatic rings. The van der Waals surface area contributed by atoms with Crippen molar-refractivity contribution in [1.82, 2.24) is 20.9 Å². The van der Waals surface area contributed by atoms with Crippen LogP contribution in [0.5, 0.6) is 0 Å². The van der Waals surface area contributed by atoms with Gasteiger partial charge in [-0.1, -0.05) is 30.3 Å². The van der Waals surface area contributed by atoms with Gasteiger partial charge in [0.15, 0.2) is 0 Å². The van der Waals surface area contributed by atoms with Crippen LogP contribution in [0.2, 0.25) is 0 Å². The van der Waals surface area contributed by atoms with Crippen LogP contribution < -0.4 is 16.0 Å². The van der Waals surface area contributed by atoms with Crippen LogP contribution in [0.1, 0.15) is 51.4 Å². The van der Waals surface area contributed by atoms with E-state index in [1.807, 2.05) is 30.3 Å². The monoisotopic (exact) mass is 380 g/mol. The largest absolute Gasteiger partial charge is 0.354 e. The smallest absolute Gasteiger partial charge is 0.269 e. The highest BCUT2D eigenvalue weighted by molar-refractivity contribution is 5.98. The Hall–Kier alpha value is -2.73. The highest BCUT2D eigenvalue weighted by atomic mass is 16.2. The zero-order valence-electron chi connectivity index (χ0n) is 16.3. The van der Waals surface area contributed by atoms with E-state index in [-0.39, 0.29) is 17.5 Å². The zero-order valence-corrected chi connectivity index (χ0v) is 16.3. The van der Waals surface area contributed by atoms with Crippen molar-refractivity contribution in [3.05, 3.63) is 65.0 Å². The lowest BCUT2D eigenvalue weighted by Crippen LogP contribution is -2.33. The van der Waals surface area contributed by atoms with E-state index in [1.54, 1.807) is 19.2 Å². The summed E-state index contributed by atoms with van der Waals surface area (Å²) in [7, 11) is 1.56. The Morgan fingerprint density at radius 1 is 1.18 bits per heavy atom. The van der Waals surface area contributed by atoms with Gasteiger partial charge in [-0.2, -0.15) is 0 Å². The molecular formula is C22H28N4O2. The maximum atomic E-state index is 12.7. The number of nitrogens with zero attached hydrogens (tertiary/aromatic N) is 1. The fourth-order valence-corrected chi connectivity index (χ4v) is 3.52. The first-order valence-corrected chi connectivity index (χ1v) is 9.91. The fourth-order valence-electron chi connectivity index (χ4n) is 3.52. The first-order chi connectivity index (χ1) is 13.7. The highest BCUT2D eigenvalue weighted by Crippen LogP contribution is 2.14. The van der Waals surface area contributed by atoms with E-state index in [2.05, 4.69) is 20.9 Å². The Bertz CT molecular complexity index is 801. The van der Waals surface area contributed by atoms with Crippen molar-refractivity contribution in [2.24, 2.45) is 5.92 Å². The molecule has 0 radical (unpaired) electrons. The number of hydrogen-bond acceptors (Lipinski definition) is 4. The number of hydrogen-bond donors (Lipinski definition) is 3. The number of amides is 2. The molecule has 2 heterocycles. The molecule has 1 aromatic heterocycles. The van der Waals surface area contributed by atoms with Crippen molar-refractivity contribution < 1.29 is 9.59 Å². The second-order valence-electron chi connectivity index (χ2n) is 7.23. The molecule has 0 bridgehead atoms. The van der Waals surface area contributed by atoms with E-state index in [4.69, 9.17) is 0 Å². The fraction of sp³-hybridized carbons (Fsp3) is 0.409. The molecule has 1 fully saturated rings. The van der Waals surface area contributed by atoms with E-state index >= 15 is 0 Å². The third kappa shape index (κ3) is 5.63. The standard InChI is InChI=1S/C22H28N4O2/c1-23-22(28)20-14-18(13-19(26-20)12-16-6-3-2-4-7-16)21(27)25-11-9-17-8-5-10-24-15-17/h2-4,6-7,13-14,17,24H,5,8-12,15H2,1H3,(H,23,28)(H,25,27). The van der Waals surface area contributed by atoms with E-state index in [1.165, 1.54) is 12.8 Å². The van der Waals surface area contributed by atoms with Gasteiger partial charge in [0, 0.05) is 31.3 Å². The maximum Gasteiger partial charge on any atom is 0.269 e. The van der Waals surface area contributed by atoms with Crippen LogP contribution in [0.15, 0.2) is 42.5 Å². The summed E-state index contributed by atoms with van der Waals surface area (Å²) < 4.78 is 0. The van der Waals surface area contributed by atoms with E-state index < -0.39 is 0 Å². The third-order valence-electron chi connectivity index (χ3n) is 5.07. The van der Waals surface area contributed by atoms with E-state index in [0.29, 0.717) is 30.1 Å². The van der Waals surface area contributed by atoms with Gasteiger partial charge in [-0.05, 0) is 56.0 Å². The summed E-state index contributed by atoms with van der Waals surface area (Å²) in [4.78, 5) is 29.2. The van der Waals surface area contributed by atoms with E-state index in [9.17, 15) is 9.59 Å². The molecule has 6 heteroatoms. The predicted octanol–water partition coefficient (Wildman–Crippen LogP) is 2.15. The average Bonchev–Trinajstić information content (AvgIpc) is 2.74.